The van der Waals surface area contributed by atoms with E-state index in [2.05, 4.69) is 4.98 Å². The number of benzene rings is 1. The topological polar surface area (TPSA) is 78.0 Å². The van der Waals surface area contributed by atoms with Crippen molar-refractivity contribution < 1.29 is 12.8 Å². The number of hydrogen-bond donors (Lipinski definition) is 1. The molecule has 142 valence electrons. The van der Waals surface area contributed by atoms with Gasteiger partial charge in [0.15, 0.2) is 9.84 Å². The van der Waals surface area contributed by atoms with Crippen LogP contribution in [0.1, 0.15) is 5.69 Å². The minimum absolute atomic E-state index is 0.0281. The van der Waals surface area contributed by atoms with Gasteiger partial charge in [0.2, 0.25) is 0 Å². The average Bonchev–Trinajstić information content (AvgIpc) is 2.86. The zero-order chi connectivity index (χ0) is 19.8. The van der Waals surface area contributed by atoms with Crippen molar-refractivity contribution in [1.29, 1.82) is 0 Å². The molecule has 0 radical (unpaired) electrons. The predicted octanol–water partition coefficient (Wildman–Crippen LogP) is 3.88. The number of nitrogens with zero attached hydrogens (tertiary/aromatic N) is 2. The van der Waals surface area contributed by atoms with Crippen molar-refractivity contribution in [3.8, 4) is 11.1 Å². The van der Waals surface area contributed by atoms with Gasteiger partial charge in [-0.3, -0.25) is 4.98 Å². The first kappa shape index (κ1) is 19.5. The fourth-order valence-corrected chi connectivity index (χ4v) is 3.89. The van der Waals surface area contributed by atoms with Crippen LogP contribution >= 0.6 is 11.6 Å². The molecule has 3 rings (SSSR count). The lowest BCUT2D eigenvalue weighted by Gasteiger charge is -2.08. The Hall–Kier alpha value is -2.22. The van der Waals surface area contributed by atoms with Crippen LogP contribution in [0.25, 0.3) is 22.0 Å². The number of halogens is 2. The molecular weight excluding hydrogens is 389 g/mol. The molecule has 5 nitrogen and oxygen atoms in total. The summed E-state index contributed by atoms with van der Waals surface area (Å²) in [5, 5.41) is 1.33. The zero-order valence-corrected chi connectivity index (χ0v) is 16.5. The van der Waals surface area contributed by atoms with Crippen molar-refractivity contribution in [3.63, 3.8) is 0 Å². The summed E-state index contributed by atoms with van der Waals surface area (Å²) in [6, 6.07) is 6.91. The fraction of sp³-hybridized carbons (Fsp3) is 0.211. The molecule has 0 atom stereocenters. The number of rotatable bonds is 5. The van der Waals surface area contributed by atoms with Crippen molar-refractivity contribution in [2.24, 2.45) is 5.73 Å². The van der Waals surface area contributed by atoms with Crippen molar-refractivity contribution in [2.45, 2.75) is 18.4 Å². The van der Waals surface area contributed by atoms with E-state index in [1.165, 1.54) is 12.3 Å². The molecular formula is C19H19ClFN3O2S. The van der Waals surface area contributed by atoms with E-state index in [1.807, 2.05) is 17.6 Å². The lowest BCUT2D eigenvalue weighted by Crippen LogP contribution is -2.03. The van der Waals surface area contributed by atoms with Gasteiger partial charge in [0, 0.05) is 57.9 Å². The third kappa shape index (κ3) is 3.90. The highest BCUT2D eigenvalue weighted by Gasteiger charge is 2.19. The van der Waals surface area contributed by atoms with Gasteiger partial charge in [-0.05, 0) is 37.3 Å². The van der Waals surface area contributed by atoms with E-state index in [-0.39, 0.29) is 23.8 Å². The van der Waals surface area contributed by atoms with Crippen LogP contribution in [0.5, 0.6) is 0 Å². The summed E-state index contributed by atoms with van der Waals surface area (Å²) < 4.78 is 39.8. The van der Waals surface area contributed by atoms with Gasteiger partial charge < -0.3 is 10.3 Å². The fourth-order valence-electron chi connectivity index (χ4n) is 3.12. The van der Waals surface area contributed by atoms with Crippen LogP contribution in [0.15, 0.2) is 53.5 Å². The molecule has 0 spiro atoms. The first-order chi connectivity index (χ1) is 12.7. The van der Waals surface area contributed by atoms with Gasteiger partial charge in [-0.25, -0.2) is 12.8 Å². The first-order valence-corrected chi connectivity index (χ1v) is 10.5. The summed E-state index contributed by atoms with van der Waals surface area (Å²) in [6.07, 6.45) is 5.36. The van der Waals surface area contributed by atoms with E-state index in [4.69, 9.17) is 17.3 Å². The molecule has 0 unspecified atom stereocenters. The average molecular weight is 408 g/mol. The number of aromatic nitrogens is 2. The van der Waals surface area contributed by atoms with Gasteiger partial charge in [0.1, 0.15) is 5.83 Å². The van der Waals surface area contributed by atoms with Crippen LogP contribution < -0.4 is 5.73 Å². The molecule has 0 amide bonds. The Bertz CT molecular complexity index is 1150. The second kappa shape index (κ2) is 7.42. The quantitative estimate of drug-likeness (QED) is 0.696. The Kier molecular flexibility index (Phi) is 5.37. The van der Waals surface area contributed by atoms with Crippen molar-refractivity contribution in [3.05, 3.63) is 59.3 Å². The number of nitrogens with two attached hydrogens (primary N) is 1. The molecule has 0 aliphatic heterocycles. The maximum absolute atomic E-state index is 14.2. The second-order valence-electron chi connectivity index (χ2n) is 6.28. The smallest absolute Gasteiger partial charge is 0.177 e. The SMILES string of the molecule is Cc1c(-c2cncc(S(C)(=O)=O)c2)c2cc(Cl)ccc2n1C/C(F)=C/CN. The summed E-state index contributed by atoms with van der Waals surface area (Å²) >= 11 is 6.18. The number of pyridine rings is 1. The summed E-state index contributed by atoms with van der Waals surface area (Å²) in [5.41, 5.74) is 8.36. The summed E-state index contributed by atoms with van der Waals surface area (Å²) in [6.45, 7) is 2.00. The van der Waals surface area contributed by atoms with Crippen molar-refractivity contribution >= 4 is 32.3 Å². The highest BCUT2D eigenvalue weighted by Crippen LogP contribution is 2.37. The Balaban J connectivity index is 2.29. The number of allylic oxidation sites excluding steroid dienone is 1. The van der Waals surface area contributed by atoms with Crippen molar-refractivity contribution in [1.82, 2.24) is 9.55 Å². The standard InChI is InChI=1S/C19H19ClFN3O2S/c1-12-19(13-7-16(10-23-9-13)27(2,25)26)17-8-14(20)3-4-18(17)24(12)11-15(21)5-6-22/h3-5,7-10H,6,11,22H2,1-2H3/b15-5-. The Morgan fingerprint density at radius 1 is 1.33 bits per heavy atom. The Morgan fingerprint density at radius 2 is 2.07 bits per heavy atom. The van der Waals surface area contributed by atoms with E-state index in [1.54, 1.807) is 24.4 Å². The lowest BCUT2D eigenvalue weighted by molar-refractivity contribution is 0.555. The third-order valence-electron chi connectivity index (χ3n) is 4.36. The monoisotopic (exact) mass is 407 g/mol. The number of sulfone groups is 1. The van der Waals surface area contributed by atoms with Crippen LogP contribution in [0.2, 0.25) is 5.02 Å². The maximum atomic E-state index is 14.2. The third-order valence-corrected chi connectivity index (χ3v) is 5.68. The van der Waals surface area contributed by atoms with E-state index < -0.39 is 9.84 Å². The normalized spacial score (nSPS) is 12.7. The minimum atomic E-state index is -3.41. The molecule has 2 aromatic heterocycles. The molecule has 0 saturated heterocycles. The molecule has 3 aromatic rings. The summed E-state index contributed by atoms with van der Waals surface area (Å²) in [5.74, 6) is -0.345. The highest BCUT2D eigenvalue weighted by molar-refractivity contribution is 7.90. The molecule has 0 bridgehead atoms. The lowest BCUT2D eigenvalue weighted by atomic mass is 10.0. The molecule has 27 heavy (non-hydrogen) atoms. The number of fused-ring (bicyclic) bond motifs is 1. The van der Waals surface area contributed by atoms with Gasteiger partial charge in [0.05, 0.1) is 11.4 Å². The first-order valence-electron chi connectivity index (χ1n) is 8.20. The minimum Gasteiger partial charge on any atom is -0.337 e. The predicted molar refractivity (Wildman–Crippen MR) is 106 cm³/mol. The van der Waals surface area contributed by atoms with Crippen LogP contribution in [0.3, 0.4) is 0 Å². The van der Waals surface area contributed by atoms with Gasteiger partial charge in [-0.15, -0.1) is 0 Å². The summed E-state index contributed by atoms with van der Waals surface area (Å²) in [7, 11) is -3.41. The summed E-state index contributed by atoms with van der Waals surface area (Å²) in [4.78, 5) is 4.20. The Morgan fingerprint density at radius 3 is 2.74 bits per heavy atom. The highest BCUT2D eigenvalue weighted by atomic mass is 35.5. The number of hydrogen-bond acceptors (Lipinski definition) is 4. The molecule has 8 heteroatoms. The van der Waals surface area contributed by atoms with E-state index in [0.29, 0.717) is 10.6 Å². The van der Waals surface area contributed by atoms with Gasteiger partial charge >= 0.3 is 0 Å². The van der Waals surface area contributed by atoms with Gasteiger partial charge in [0.25, 0.3) is 0 Å². The van der Waals surface area contributed by atoms with Gasteiger partial charge in [-0.2, -0.15) is 0 Å². The molecule has 0 fully saturated rings. The molecule has 2 N–H and O–H groups in total. The molecule has 0 aliphatic rings. The second-order valence-corrected chi connectivity index (χ2v) is 8.73. The van der Waals surface area contributed by atoms with E-state index in [9.17, 15) is 12.8 Å². The Labute approximate surface area is 162 Å². The van der Waals surface area contributed by atoms with Crippen LogP contribution in [0, 0.1) is 6.92 Å². The van der Waals surface area contributed by atoms with E-state index in [0.717, 1.165) is 28.4 Å². The maximum Gasteiger partial charge on any atom is 0.177 e. The van der Waals surface area contributed by atoms with Crippen LogP contribution in [-0.2, 0) is 16.4 Å². The molecule has 0 saturated carbocycles. The molecule has 2 heterocycles. The van der Waals surface area contributed by atoms with Crippen LogP contribution in [0.4, 0.5) is 4.39 Å². The zero-order valence-electron chi connectivity index (χ0n) is 14.9. The largest absolute Gasteiger partial charge is 0.337 e. The van der Waals surface area contributed by atoms with Gasteiger partial charge in [-0.1, -0.05) is 11.6 Å². The van der Waals surface area contributed by atoms with E-state index >= 15 is 0 Å². The van der Waals surface area contributed by atoms with Crippen LogP contribution in [-0.4, -0.2) is 30.8 Å². The molecule has 0 aliphatic carbocycles. The van der Waals surface area contributed by atoms with Crippen molar-refractivity contribution in [2.75, 3.05) is 12.8 Å². The molecule has 1 aromatic carbocycles.